The third-order valence-electron chi connectivity index (χ3n) is 7.35. The number of aromatic nitrogens is 8. The molecule has 0 fully saturated rings. The zero-order valence-electron chi connectivity index (χ0n) is 22.4. The van der Waals surface area contributed by atoms with E-state index in [1.165, 1.54) is 4.68 Å². The molecule has 0 radical (unpaired) electrons. The van der Waals surface area contributed by atoms with E-state index in [4.69, 9.17) is 20.4 Å². The van der Waals surface area contributed by atoms with E-state index in [-0.39, 0.29) is 11.9 Å². The summed E-state index contributed by atoms with van der Waals surface area (Å²) in [7, 11) is 3.29. The molecule has 1 aliphatic carbocycles. The van der Waals surface area contributed by atoms with Crippen LogP contribution in [0, 0.1) is 0 Å². The maximum atomic E-state index is 13.0. The van der Waals surface area contributed by atoms with Crippen LogP contribution in [0.5, 0.6) is 5.88 Å². The molecule has 1 aromatic carbocycles. The van der Waals surface area contributed by atoms with E-state index >= 15 is 0 Å². The smallest absolute Gasteiger partial charge is 0.272 e. The van der Waals surface area contributed by atoms with Gasteiger partial charge in [-0.1, -0.05) is 6.07 Å². The van der Waals surface area contributed by atoms with Crippen LogP contribution in [0.4, 0.5) is 5.82 Å². The Morgan fingerprint density at radius 2 is 2.00 bits per heavy atom. The van der Waals surface area contributed by atoms with Crippen LogP contribution in [0.3, 0.4) is 0 Å². The first-order valence-electron chi connectivity index (χ1n) is 13.1. The van der Waals surface area contributed by atoms with Gasteiger partial charge in [-0.3, -0.25) is 9.36 Å². The number of imidazole rings is 1. The third kappa shape index (κ3) is 4.16. The first-order valence-corrected chi connectivity index (χ1v) is 13.1. The number of nitrogens with one attached hydrogen (secondary N) is 1. The number of fused-ring (bicyclic) bond motifs is 2. The molecule has 41 heavy (non-hydrogen) atoms. The summed E-state index contributed by atoms with van der Waals surface area (Å²) in [5.41, 5.74) is 11.8. The number of hydrogen-bond acceptors (Lipinski definition) is 8. The van der Waals surface area contributed by atoms with Gasteiger partial charge in [0.1, 0.15) is 11.3 Å². The van der Waals surface area contributed by atoms with Gasteiger partial charge in [-0.05, 0) is 66.4 Å². The van der Waals surface area contributed by atoms with Crippen molar-refractivity contribution in [2.75, 3.05) is 12.8 Å². The number of pyridine rings is 2. The maximum absolute atomic E-state index is 13.0. The molecule has 0 bridgehead atoms. The highest BCUT2D eigenvalue weighted by Crippen LogP contribution is 2.36. The molecule has 12 heteroatoms. The van der Waals surface area contributed by atoms with Crippen molar-refractivity contribution in [3.05, 3.63) is 90.0 Å². The molecule has 5 aromatic heterocycles. The number of hydrogen-bond donors (Lipinski definition) is 2. The average molecular weight is 547 g/mol. The molecule has 0 saturated heterocycles. The number of amides is 1. The van der Waals surface area contributed by atoms with E-state index in [1.807, 2.05) is 47.2 Å². The van der Waals surface area contributed by atoms with Crippen molar-refractivity contribution in [2.24, 2.45) is 7.05 Å². The minimum absolute atomic E-state index is 0.128. The molecule has 5 heterocycles. The van der Waals surface area contributed by atoms with Crippen molar-refractivity contribution in [2.45, 2.75) is 18.9 Å². The predicted octanol–water partition coefficient (Wildman–Crippen LogP) is 3.41. The number of nitrogens with two attached hydrogens (primary N) is 1. The van der Waals surface area contributed by atoms with E-state index in [1.54, 1.807) is 37.3 Å². The molecule has 0 unspecified atom stereocenters. The lowest BCUT2D eigenvalue weighted by Gasteiger charge is -2.15. The van der Waals surface area contributed by atoms with Gasteiger partial charge in [0.05, 0.1) is 18.7 Å². The largest absolute Gasteiger partial charge is 0.481 e. The van der Waals surface area contributed by atoms with Crippen LogP contribution in [0.1, 0.15) is 34.1 Å². The fraction of sp³-hybridized carbons (Fsp3) is 0.172. The highest BCUT2D eigenvalue weighted by atomic mass is 16.5. The van der Waals surface area contributed by atoms with E-state index in [0.29, 0.717) is 40.2 Å². The van der Waals surface area contributed by atoms with Gasteiger partial charge in [0, 0.05) is 37.4 Å². The number of nitrogen functional groups attached to an aromatic ring is 1. The quantitative estimate of drug-likeness (QED) is 0.324. The molecule has 0 spiro atoms. The van der Waals surface area contributed by atoms with E-state index in [0.717, 1.165) is 35.2 Å². The zero-order chi connectivity index (χ0) is 28.1. The summed E-state index contributed by atoms with van der Waals surface area (Å²) < 4.78 is 10.5. The molecule has 1 amide bonds. The molecule has 3 N–H and O–H groups in total. The molecule has 6 aromatic rings. The average Bonchev–Trinajstić information content (AvgIpc) is 3.78. The topological polar surface area (TPSA) is 144 Å². The number of ether oxygens (including phenoxy) is 1. The van der Waals surface area contributed by atoms with Gasteiger partial charge in [-0.2, -0.15) is 10.2 Å². The Labute approximate surface area is 234 Å². The van der Waals surface area contributed by atoms with Crippen LogP contribution in [0.15, 0.2) is 73.2 Å². The number of methoxy groups -OCH3 is 1. The third-order valence-corrected chi connectivity index (χ3v) is 7.35. The number of carbonyl (C=O) groups excluding carboxylic acids is 1. The number of nitrogens with zero attached hydrogens (tertiary/aromatic N) is 8. The van der Waals surface area contributed by atoms with Crippen LogP contribution in [0.2, 0.25) is 0 Å². The summed E-state index contributed by atoms with van der Waals surface area (Å²) in [4.78, 5) is 27.1. The molecule has 12 nitrogen and oxygen atoms in total. The van der Waals surface area contributed by atoms with E-state index in [2.05, 4.69) is 32.6 Å². The van der Waals surface area contributed by atoms with Crippen molar-refractivity contribution in [1.82, 2.24) is 44.4 Å². The summed E-state index contributed by atoms with van der Waals surface area (Å²) in [6, 6.07) is 17.1. The lowest BCUT2D eigenvalue weighted by atomic mass is 10.1. The number of benzene rings is 1. The Bertz CT molecular complexity index is 1920. The van der Waals surface area contributed by atoms with Crippen LogP contribution in [-0.4, -0.2) is 52.1 Å². The van der Waals surface area contributed by atoms with Crippen molar-refractivity contribution in [1.29, 1.82) is 0 Å². The second-order valence-electron chi connectivity index (χ2n) is 9.81. The number of rotatable bonds is 6. The second kappa shape index (κ2) is 9.59. The number of carbonyl (C=O) groups is 1. The summed E-state index contributed by atoms with van der Waals surface area (Å²) in [5.74, 6) is 1.98. The van der Waals surface area contributed by atoms with Gasteiger partial charge in [-0.25, -0.2) is 24.3 Å². The van der Waals surface area contributed by atoms with Crippen LogP contribution in [-0.2, 0) is 13.5 Å². The SMILES string of the molecule is COc1cc(C(=O)N[C@H]2CCc3cc(-n4c(-c5cccnc5N)nc5ccc(-n6cccn6)nc54)ccc32)nn1C. The first-order chi connectivity index (χ1) is 20.0. The van der Waals surface area contributed by atoms with Crippen molar-refractivity contribution < 1.29 is 9.53 Å². The van der Waals surface area contributed by atoms with Crippen molar-refractivity contribution >= 4 is 22.9 Å². The Morgan fingerprint density at radius 3 is 2.78 bits per heavy atom. The van der Waals surface area contributed by atoms with E-state index in [9.17, 15) is 4.79 Å². The monoisotopic (exact) mass is 546 g/mol. The van der Waals surface area contributed by atoms with Crippen molar-refractivity contribution in [3.63, 3.8) is 0 Å². The molecular formula is C29H26N10O2. The van der Waals surface area contributed by atoms with Crippen LogP contribution >= 0.6 is 0 Å². The highest BCUT2D eigenvalue weighted by Gasteiger charge is 2.27. The molecule has 1 atom stereocenters. The van der Waals surface area contributed by atoms with Gasteiger partial charge >= 0.3 is 0 Å². The van der Waals surface area contributed by atoms with Crippen molar-refractivity contribution in [3.8, 4) is 28.8 Å². The Hall–Kier alpha value is -5.52. The predicted molar refractivity (Wildman–Crippen MR) is 152 cm³/mol. The van der Waals surface area contributed by atoms with Gasteiger partial charge in [0.25, 0.3) is 5.91 Å². The number of anilines is 1. The Morgan fingerprint density at radius 1 is 1.10 bits per heavy atom. The van der Waals surface area contributed by atoms with Crippen LogP contribution in [0.25, 0.3) is 34.1 Å². The molecule has 0 aliphatic heterocycles. The lowest BCUT2D eigenvalue weighted by Crippen LogP contribution is -2.27. The maximum Gasteiger partial charge on any atom is 0.272 e. The summed E-state index contributed by atoms with van der Waals surface area (Å²) in [5, 5.41) is 11.7. The van der Waals surface area contributed by atoms with E-state index < -0.39 is 0 Å². The van der Waals surface area contributed by atoms with Crippen LogP contribution < -0.4 is 15.8 Å². The second-order valence-corrected chi connectivity index (χ2v) is 9.81. The van der Waals surface area contributed by atoms with Gasteiger partial charge < -0.3 is 15.8 Å². The normalized spacial score (nSPS) is 14.3. The molecule has 7 rings (SSSR count). The van der Waals surface area contributed by atoms with Gasteiger partial charge in [0.2, 0.25) is 5.88 Å². The lowest BCUT2D eigenvalue weighted by molar-refractivity contribution is 0.0931. The van der Waals surface area contributed by atoms with Gasteiger partial charge in [-0.15, -0.1) is 0 Å². The Kier molecular flexibility index (Phi) is 5.73. The zero-order valence-corrected chi connectivity index (χ0v) is 22.4. The summed E-state index contributed by atoms with van der Waals surface area (Å²) in [6.45, 7) is 0. The Balaban J connectivity index is 1.29. The fourth-order valence-corrected chi connectivity index (χ4v) is 5.39. The minimum atomic E-state index is -0.240. The molecule has 0 saturated carbocycles. The summed E-state index contributed by atoms with van der Waals surface area (Å²) >= 11 is 0. The number of aryl methyl sites for hydroxylation is 2. The fourth-order valence-electron chi connectivity index (χ4n) is 5.39. The first kappa shape index (κ1) is 24.5. The summed E-state index contributed by atoms with van der Waals surface area (Å²) in [6.07, 6.45) is 6.81. The molecular weight excluding hydrogens is 520 g/mol. The standard InChI is InChI=1S/C29H26N10O2/c1-37-25(41-2)16-23(36-37)29(40)34-21-9-6-17-15-18(7-8-19(17)21)39-27(20-5-3-12-31-26(20)30)33-22-10-11-24(35-28(22)39)38-14-4-13-32-38/h3-5,7-8,10-16,21H,6,9H2,1-2H3,(H2,30,31)(H,34,40)/t21-/m0/s1. The molecule has 204 valence electrons. The van der Waals surface area contributed by atoms with Gasteiger partial charge in [0.15, 0.2) is 23.0 Å². The highest BCUT2D eigenvalue weighted by molar-refractivity contribution is 5.93. The molecule has 1 aliphatic rings. The minimum Gasteiger partial charge on any atom is -0.481 e.